The van der Waals surface area contributed by atoms with Crippen molar-refractivity contribution in [1.29, 1.82) is 0 Å². The molecule has 2 amide bonds. The Kier molecular flexibility index (Phi) is 9.43. The van der Waals surface area contributed by atoms with Crippen molar-refractivity contribution >= 4 is 42.1 Å². The van der Waals surface area contributed by atoms with Gasteiger partial charge in [-0.2, -0.15) is 0 Å². The van der Waals surface area contributed by atoms with Crippen LogP contribution < -0.4 is 25.3 Å². The third-order valence-electron chi connectivity index (χ3n) is 8.85. The van der Waals surface area contributed by atoms with Crippen LogP contribution in [0.2, 0.25) is 0 Å². The van der Waals surface area contributed by atoms with Gasteiger partial charge in [-0.3, -0.25) is 19.0 Å². The summed E-state index contributed by atoms with van der Waals surface area (Å²) in [5.74, 6) is -2.18. The maximum Gasteiger partial charge on any atom is 0.470 e. The molecule has 3 fully saturated rings. The van der Waals surface area contributed by atoms with Gasteiger partial charge in [0.15, 0.2) is 23.3 Å². The van der Waals surface area contributed by atoms with E-state index in [-0.39, 0.29) is 79.0 Å². The first-order valence-corrected chi connectivity index (χ1v) is 17.1. The number of piperidine rings is 1. The van der Waals surface area contributed by atoms with Gasteiger partial charge < -0.3 is 44.3 Å². The fourth-order valence-electron chi connectivity index (χ4n) is 6.21. The number of amides is 2. The highest BCUT2D eigenvalue weighted by atomic mass is 31.2. The monoisotopic (exact) mass is 708 g/mol. The Hall–Kier alpha value is -4.12. The lowest BCUT2D eigenvalue weighted by Crippen LogP contribution is -2.49. The molecule has 2 aliphatic heterocycles. The van der Waals surface area contributed by atoms with Crippen LogP contribution in [-0.4, -0.2) is 81.1 Å². The van der Waals surface area contributed by atoms with Gasteiger partial charge in [-0.05, 0) is 49.9 Å². The van der Waals surface area contributed by atoms with Crippen LogP contribution in [0.25, 0.3) is 10.9 Å². The molecular weight excluding hydrogens is 673 g/mol. The van der Waals surface area contributed by atoms with E-state index in [1.165, 1.54) is 36.2 Å². The van der Waals surface area contributed by atoms with Gasteiger partial charge in [0.2, 0.25) is 5.91 Å². The molecule has 1 unspecified atom stereocenters. The van der Waals surface area contributed by atoms with Crippen LogP contribution in [0.1, 0.15) is 50.5 Å². The number of aliphatic hydroxyl groups excluding tert-OH is 1. The number of anilines is 2. The number of benzene rings is 2. The van der Waals surface area contributed by atoms with E-state index in [1.54, 1.807) is 9.47 Å². The van der Waals surface area contributed by atoms with Gasteiger partial charge in [-0.25, -0.2) is 18.1 Å². The Balaban J connectivity index is 1.18. The summed E-state index contributed by atoms with van der Waals surface area (Å²) in [6.45, 7) is 1.10. The fourth-order valence-corrected chi connectivity index (χ4v) is 6.95. The average molecular weight is 709 g/mol. The highest BCUT2D eigenvalue weighted by molar-refractivity contribution is 7.46. The van der Waals surface area contributed by atoms with Crippen molar-refractivity contribution in [3.63, 3.8) is 0 Å². The number of nitrogens with zero attached hydrogens (tertiary/aromatic N) is 3. The minimum atomic E-state index is -5.07. The van der Waals surface area contributed by atoms with Crippen LogP contribution >= 0.6 is 7.82 Å². The zero-order valence-electron chi connectivity index (χ0n) is 26.3. The summed E-state index contributed by atoms with van der Waals surface area (Å²) in [4.78, 5) is 58.7. The standard InChI is InChI=1S/C31H35F2N4O11P/c1-17(38)34-13-20-14-37(30(42)47-20)19-4-5-27(24(33)10-19)46-16-31(48-49(43,44)45)6-8-35(9-7-31)26-12-25-21(11-23(26)32)28(39)22(29(40)41)15-36(25)18-2-3-18/h4-5,10-12,15,18,20,29,40-41H,2-3,6-9,13-14,16H2,1H3,(H,34,38)(H2,43,44,45). The molecule has 2 aromatic carbocycles. The number of rotatable bonds is 11. The molecule has 1 aliphatic carbocycles. The van der Waals surface area contributed by atoms with Crippen molar-refractivity contribution < 1.29 is 56.9 Å². The van der Waals surface area contributed by atoms with E-state index < -0.39 is 55.6 Å². The van der Waals surface area contributed by atoms with Gasteiger partial charge in [0.1, 0.15) is 24.1 Å². The van der Waals surface area contributed by atoms with Crippen LogP contribution in [0.5, 0.6) is 5.75 Å². The number of hydrogen-bond donors (Lipinski definition) is 5. The lowest BCUT2D eigenvalue weighted by molar-refractivity contribution is -0.119. The number of pyridine rings is 1. The third-order valence-corrected chi connectivity index (χ3v) is 9.47. The molecule has 18 heteroatoms. The molecule has 3 aliphatic rings. The van der Waals surface area contributed by atoms with Gasteiger partial charge in [0.25, 0.3) is 0 Å². The zero-order chi connectivity index (χ0) is 35.2. The molecule has 6 rings (SSSR count). The first-order chi connectivity index (χ1) is 23.1. The summed E-state index contributed by atoms with van der Waals surface area (Å²) >= 11 is 0. The minimum absolute atomic E-state index is 0.00677. The maximum absolute atomic E-state index is 15.5. The van der Waals surface area contributed by atoms with Crippen LogP contribution in [0.15, 0.2) is 41.3 Å². The highest BCUT2D eigenvalue weighted by Crippen LogP contribution is 2.46. The number of cyclic esters (lactones) is 1. The molecule has 49 heavy (non-hydrogen) atoms. The lowest BCUT2D eigenvalue weighted by atomic mass is 9.92. The second-order valence-corrected chi connectivity index (χ2v) is 13.6. The van der Waals surface area contributed by atoms with Gasteiger partial charge in [0, 0.05) is 43.7 Å². The summed E-state index contributed by atoms with van der Waals surface area (Å²) in [5.41, 5.74) is -1.85. The van der Waals surface area contributed by atoms with E-state index >= 15 is 8.78 Å². The molecule has 5 N–H and O–H groups in total. The van der Waals surface area contributed by atoms with E-state index in [1.807, 2.05) is 0 Å². The van der Waals surface area contributed by atoms with Crippen molar-refractivity contribution in [1.82, 2.24) is 9.88 Å². The third kappa shape index (κ3) is 7.56. The minimum Gasteiger partial charge on any atom is -0.487 e. The number of phosphoric acid groups is 1. The number of phosphoric ester groups is 1. The second kappa shape index (κ2) is 13.3. The molecule has 1 atom stereocenters. The molecule has 264 valence electrons. The molecule has 0 bridgehead atoms. The number of carbonyl (C=O) groups is 2. The van der Waals surface area contributed by atoms with Gasteiger partial charge >= 0.3 is 13.9 Å². The van der Waals surface area contributed by atoms with Crippen LogP contribution in [0, 0.1) is 11.6 Å². The van der Waals surface area contributed by atoms with Gasteiger partial charge in [-0.15, -0.1) is 0 Å². The molecule has 3 aromatic rings. The largest absolute Gasteiger partial charge is 0.487 e. The summed E-state index contributed by atoms with van der Waals surface area (Å²) < 4.78 is 60.5. The number of hydrogen-bond acceptors (Lipinski definition) is 10. The van der Waals surface area contributed by atoms with E-state index in [4.69, 9.17) is 14.0 Å². The van der Waals surface area contributed by atoms with Crippen molar-refractivity contribution in [2.75, 3.05) is 42.6 Å². The molecule has 1 saturated carbocycles. The van der Waals surface area contributed by atoms with Crippen molar-refractivity contribution in [2.24, 2.45) is 0 Å². The first-order valence-electron chi connectivity index (χ1n) is 15.5. The molecule has 1 aromatic heterocycles. The number of fused-ring (bicyclic) bond motifs is 1. The van der Waals surface area contributed by atoms with Crippen molar-refractivity contribution in [2.45, 2.75) is 56.6 Å². The topological polar surface area (TPSA) is 200 Å². The normalized spacial score (nSPS) is 19.4. The highest BCUT2D eigenvalue weighted by Gasteiger charge is 2.43. The number of ether oxygens (including phenoxy) is 2. The van der Waals surface area contributed by atoms with Gasteiger partial charge in [-0.1, -0.05) is 0 Å². The molecule has 2 saturated heterocycles. The molecular formula is C31H35F2N4O11P. The summed E-state index contributed by atoms with van der Waals surface area (Å²) in [5, 5.41) is 21.9. The van der Waals surface area contributed by atoms with E-state index in [0.29, 0.717) is 5.52 Å². The summed E-state index contributed by atoms with van der Waals surface area (Å²) in [7, 11) is -5.07. The van der Waals surface area contributed by atoms with Crippen molar-refractivity contribution in [3.05, 3.63) is 63.9 Å². The Morgan fingerprint density at radius 1 is 1.12 bits per heavy atom. The molecule has 0 spiro atoms. The van der Waals surface area contributed by atoms with E-state index in [2.05, 4.69) is 5.32 Å². The Morgan fingerprint density at radius 2 is 1.84 bits per heavy atom. The Bertz CT molecular complexity index is 1890. The quantitative estimate of drug-likeness (QED) is 0.144. The first kappa shape index (κ1) is 34.7. The Morgan fingerprint density at radius 3 is 2.45 bits per heavy atom. The number of halogens is 2. The molecule has 15 nitrogen and oxygen atoms in total. The molecule has 0 radical (unpaired) electrons. The van der Waals surface area contributed by atoms with Crippen LogP contribution in [0.3, 0.4) is 0 Å². The van der Waals surface area contributed by atoms with Crippen LogP contribution in [0.4, 0.5) is 25.0 Å². The fraction of sp³-hybridized carbons (Fsp3) is 0.452. The number of aromatic nitrogens is 1. The maximum atomic E-state index is 15.5. The zero-order valence-corrected chi connectivity index (χ0v) is 27.1. The number of carbonyl (C=O) groups excluding carboxylic acids is 2. The Labute approximate surface area is 277 Å². The second-order valence-electron chi connectivity index (χ2n) is 12.5. The lowest BCUT2D eigenvalue weighted by Gasteiger charge is -2.42. The SMILES string of the molecule is CC(=O)NCC1CN(c2ccc(OCC3(OP(=O)(O)O)CCN(c4cc5c(cc4F)c(=O)c(C(O)O)cn5C4CC4)CC3)c(F)c2)C(=O)O1. The predicted molar refractivity (Wildman–Crippen MR) is 169 cm³/mol. The number of nitrogens with one attached hydrogen (secondary N) is 1. The number of aliphatic hydroxyl groups is 2. The summed E-state index contributed by atoms with van der Waals surface area (Å²) in [6.07, 6.45) is -0.541. The summed E-state index contributed by atoms with van der Waals surface area (Å²) in [6, 6.07) is 6.27. The predicted octanol–water partition coefficient (Wildman–Crippen LogP) is 2.59. The van der Waals surface area contributed by atoms with E-state index in [9.17, 15) is 38.9 Å². The smallest absolute Gasteiger partial charge is 0.470 e. The van der Waals surface area contributed by atoms with Crippen molar-refractivity contribution in [3.8, 4) is 5.75 Å². The average Bonchev–Trinajstić information content (AvgIpc) is 3.80. The molecule has 3 heterocycles. The van der Waals surface area contributed by atoms with E-state index in [0.717, 1.165) is 25.0 Å². The van der Waals surface area contributed by atoms with Gasteiger partial charge in [0.05, 0.1) is 35.5 Å². The van der Waals surface area contributed by atoms with Crippen LogP contribution in [-0.2, 0) is 18.6 Å².